The monoisotopic (exact) mass is 300 g/mol. The van der Waals surface area contributed by atoms with Gasteiger partial charge in [0.05, 0.1) is 5.57 Å². The fourth-order valence-corrected chi connectivity index (χ4v) is 2.60. The van der Waals surface area contributed by atoms with Crippen molar-refractivity contribution in [2.45, 2.75) is 32.2 Å². The summed E-state index contributed by atoms with van der Waals surface area (Å²) in [6.07, 6.45) is 5.55. The highest BCUT2D eigenvalue weighted by molar-refractivity contribution is 5.87. The highest BCUT2D eigenvalue weighted by Gasteiger charge is 2.17. The van der Waals surface area contributed by atoms with E-state index in [9.17, 15) is 14.0 Å². The third-order valence-electron chi connectivity index (χ3n) is 3.73. The molecule has 6 heteroatoms. The molecule has 0 N–H and O–H groups in total. The number of hydrogen-bond acceptors (Lipinski definition) is 3. The minimum absolute atomic E-state index is 0.298. The van der Waals surface area contributed by atoms with E-state index in [4.69, 9.17) is 0 Å². The molecule has 1 aromatic heterocycles. The van der Waals surface area contributed by atoms with E-state index in [1.54, 1.807) is 0 Å². The molecular weight excluding hydrogens is 286 g/mol. The molecule has 0 saturated heterocycles. The average molecular weight is 300 g/mol. The minimum Gasteiger partial charge on any atom is -0.310 e. The van der Waals surface area contributed by atoms with Gasteiger partial charge >= 0.3 is 0 Å². The van der Waals surface area contributed by atoms with Crippen molar-refractivity contribution in [1.82, 2.24) is 14.8 Å². The summed E-state index contributed by atoms with van der Waals surface area (Å²) in [5.74, 6) is -0.485. The summed E-state index contributed by atoms with van der Waals surface area (Å²) < 4.78 is 28.2. The van der Waals surface area contributed by atoms with Crippen molar-refractivity contribution in [2.75, 3.05) is 0 Å². The smallest absolute Gasteiger partial charge is 0.174 e. The largest absolute Gasteiger partial charge is 0.310 e. The Morgan fingerprint density at radius 3 is 2.82 bits per heavy atom. The van der Waals surface area contributed by atoms with E-state index < -0.39 is 11.6 Å². The van der Waals surface area contributed by atoms with Gasteiger partial charge in [-0.15, -0.1) is 10.2 Å². The molecule has 0 aliphatic carbocycles. The first-order valence-electron chi connectivity index (χ1n) is 7.18. The molecule has 22 heavy (non-hydrogen) atoms. The van der Waals surface area contributed by atoms with E-state index in [1.807, 2.05) is 4.57 Å². The first kappa shape index (κ1) is 14.4. The lowest BCUT2D eigenvalue weighted by Crippen LogP contribution is -2.05. The van der Waals surface area contributed by atoms with Gasteiger partial charge in [-0.2, -0.15) is 5.26 Å². The van der Waals surface area contributed by atoms with Crippen LogP contribution in [0.15, 0.2) is 18.2 Å². The number of fused-ring (bicyclic) bond motifs is 1. The van der Waals surface area contributed by atoms with Crippen LogP contribution in [-0.2, 0) is 13.0 Å². The zero-order valence-corrected chi connectivity index (χ0v) is 11.9. The molecule has 4 nitrogen and oxygen atoms in total. The van der Waals surface area contributed by atoms with Crippen LogP contribution in [0.25, 0.3) is 11.6 Å². The molecular formula is C16H14F2N4. The predicted octanol–water partition coefficient (Wildman–Crippen LogP) is 3.35. The van der Waals surface area contributed by atoms with Crippen molar-refractivity contribution >= 4 is 11.6 Å². The maximum Gasteiger partial charge on any atom is 0.174 e. The number of benzene rings is 1. The maximum absolute atomic E-state index is 13.3. The third kappa shape index (κ3) is 2.75. The first-order chi connectivity index (χ1) is 10.7. The number of nitrogens with zero attached hydrogens (tertiary/aromatic N) is 4. The summed E-state index contributed by atoms with van der Waals surface area (Å²) in [5, 5.41) is 17.6. The molecule has 1 aliphatic rings. The lowest BCUT2D eigenvalue weighted by Gasteiger charge is -2.06. The Morgan fingerprint density at radius 1 is 1.18 bits per heavy atom. The number of hydrogen-bond donors (Lipinski definition) is 0. The maximum atomic E-state index is 13.3. The summed E-state index contributed by atoms with van der Waals surface area (Å²) in [6.45, 7) is 0.772. The van der Waals surface area contributed by atoms with E-state index in [-0.39, 0.29) is 0 Å². The Labute approximate surface area is 126 Å². The second-order valence-corrected chi connectivity index (χ2v) is 5.25. The van der Waals surface area contributed by atoms with Crippen molar-refractivity contribution < 1.29 is 8.78 Å². The Kier molecular flexibility index (Phi) is 3.96. The van der Waals surface area contributed by atoms with Crippen LogP contribution < -0.4 is 0 Å². The Morgan fingerprint density at radius 2 is 2.05 bits per heavy atom. The number of halogens is 2. The molecule has 3 rings (SSSR count). The molecule has 112 valence electrons. The van der Waals surface area contributed by atoms with E-state index in [2.05, 4.69) is 16.3 Å². The number of aromatic nitrogens is 3. The molecule has 0 amide bonds. The van der Waals surface area contributed by atoms with E-state index >= 15 is 0 Å². The lowest BCUT2D eigenvalue weighted by molar-refractivity contribution is 0.508. The van der Waals surface area contributed by atoms with Crippen molar-refractivity contribution in [3.63, 3.8) is 0 Å². The van der Waals surface area contributed by atoms with Gasteiger partial charge in [-0.1, -0.05) is 12.5 Å². The van der Waals surface area contributed by atoms with Crippen molar-refractivity contribution in [2.24, 2.45) is 0 Å². The van der Waals surface area contributed by atoms with Crippen LogP contribution in [0, 0.1) is 23.0 Å². The fraction of sp³-hybridized carbons (Fsp3) is 0.312. The van der Waals surface area contributed by atoms with Crippen molar-refractivity contribution in [1.29, 1.82) is 5.26 Å². The van der Waals surface area contributed by atoms with Crippen LogP contribution in [0.3, 0.4) is 0 Å². The van der Waals surface area contributed by atoms with E-state index in [0.29, 0.717) is 17.0 Å². The van der Waals surface area contributed by atoms with Gasteiger partial charge < -0.3 is 4.57 Å². The zero-order valence-electron chi connectivity index (χ0n) is 11.9. The second-order valence-electron chi connectivity index (χ2n) is 5.25. The molecule has 0 atom stereocenters. The van der Waals surface area contributed by atoms with Gasteiger partial charge in [0.15, 0.2) is 17.5 Å². The van der Waals surface area contributed by atoms with Gasteiger partial charge in [-0.05, 0) is 36.6 Å². The summed E-state index contributed by atoms with van der Waals surface area (Å²) in [5.41, 5.74) is 0.716. The quantitative estimate of drug-likeness (QED) is 0.799. The Balaban J connectivity index is 2.01. The molecule has 0 spiro atoms. The molecule has 0 bridgehead atoms. The summed E-state index contributed by atoms with van der Waals surface area (Å²) in [4.78, 5) is 0. The lowest BCUT2D eigenvalue weighted by atomic mass is 10.1. The van der Waals surface area contributed by atoms with E-state index in [1.165, 1.54) is 12.1 Å². The molecule has 0 saturated carbocycles. The van der Waals surface area contributed by atoms with Crippen molar-refractivity contribution in [3.05, 3.63) is 47.0 Å². The third-order valence-corrected chi connectivity index (χ3v) is 3.73. The predicted molar refractivity (Wildman–Crippen MR) is 77.4 cm³/mol. The Bertz CT molecular complexity index is 771. The van der Waals surface area contributed by atoms with E-state index in [0.717, 1.165) is 50.2 Å². The average Bonchev–Trinajstić information content (AvgIpc) is 2.77. The van der Waals surface area contributed by atoms with Gasteiger partial charge in [0, 0.05) is 13.0 Å². The van der Waals surface area contributed by atoms with Crippen LogP contribution in [-0.4, -0.2) is 14.8 Å². The van der Waals surface area contributed by atoms with Gasteiger partial charge in [-0.25, -0.2) is 8.78 Å². The second kappa shape index (κ2) is 6.06. The van der Waals surface area contributed by atoms with Crippen LogP contribution in [0.5, 0.6) is 0 Å². The number of aryl methyl sites for hydroxylation is 1. The molecule has 0 fully saturated rings. The number of allylic oxidation sites excluding steroid dienone is 1. The molecule has 0 unspecified atom stereocenters. The van der Waals surface area contributed by atoms with Crippen molar-refractivity contribution in [3.8, 4) is 6.07 Å². The SMILES string of the molecule is N#C/C(=C/c1ccc(F)c(F)c1)c1nnc2n1CCCCC2. The highest BCUT2D eigenvalue weighted by Crippen LogP contribution is 2.21. The molecule has 0 radical (unpaired) electrons. The standard InChI is InChI=1S/C16H14F2N4/c17-13-6-5-11(9-14(13)18)8-12(10-19)16-21-20-15-4-2-1-3-7-22(15)16/h5-6,8-9H,1-4,7H2/b12-8-. The molecule has 1 aromatic carbocycles. The van der Waals surface area contributed by atoms with Gasteiger partial charge in [0.25, 0.3) is 0 Å². The minimum atomic E-state index is -0.939. The summed E-state index contributed by atoms with van der Waals surface area (Å²) in [7, 11) is 0. The zero-order chi connectivity index (χ0) is 15.5. The number of nitriles is 1. The Hall–Kier alpha value is -2.55. The molecule has 1 aliphatic heterocycles. The fourth-order valence-electron chi connectivity index (χ4n) is 2.60. The normalized spacial score (nSPS) is 15.0. The van der Waals surface area contributed by atoms with Crippen LogP contribution >= 0.6 is 0 Å². The highest BCUT2D eigenvalue weighted by atomic mass is 19.2. The van der Waals surface area contributed by atoms with Gasteiger partial charge in [0.1, 0.15) is 11.9 Å². The summed E-state index contributed by atoms with van der Waals surface area (Å²) >= 11 is 0. The topological polar surface area (TPSA) is 54.5 Å². The van der Waals surface area contributed by atoms with Gasteiger partial charge in [-0.3, -0.25) is 0 Å². The van der Waals surface area contributed by atoms with Crippen LogP contribution in [0.1, 0.15) is 36.5 Å². The molecule has 2 heterocycles. The van der Waals surface area contributed by atoms with Crippen LogP contribution in [0.2, 0.25) is 0 Å². The summed E-state index contributed by atoms with van der Waals surface area (Å²) in [6, 6.07) is 5.61. The van der Waals surface area contributed by atoms with Gasteiger partial charge in [0.2, 0.25) is 0 Å². The first-order valence-corrected chi connectivity index (χ1v) is 7.18. The van der Waals surface area contributed by atoms with Crippen LogP contribution in [0.4, 0.5) is 8.78 Å². The number of rotatable bonds is 2. The molecule has 2 aromatic rings.